The van der Waals surface area contributed by atoms with Crippen molar-refractivity contribution in [3.63, 3.8) is 0 Å². The van der Waals surface area contributed by atoms with Gasteiger partial charge in [-0.05, 0) is 0 Å². The summed E-state index contributed by atoms with van der Waals surface area (Å²) in [7, 11) is 0. The van der Waals surface area contributed by atoms with E-state index in [1.165, 1.54) is 55.6 Å². The number of hydrogen-bond acceptors (Lipinski definition) is 0. The molecule has 1 heteroatoms. The van der Waals surface area contributed by atoms with Crippen LogP contribution in [0.1, 0.15) is 107 Å². The normalized spacial score (nSPS) is 14.5. The molecule has 0 heterocycles. The van der Waals surface area contributed by atoms with Crippen LogP contribution in [-0.2, 0) is 32.1 Å². The Morgan fingerprint density at radius 2 is 1.05 bits per heavy atom. The summed E-state index contributed by atoms with van der Waals surface area (Å²) in [6.07, 6.45) is 8.27. The van der Waals surface area contributed by atoms with E-state index in [2.05, 4.69) is 160 Å². The maximum atomic E-state index is 2.60. The molecule has 0 bridgehead atoms. The van der Waals surface area contributed by atoms with E-state index in [1.807, 2.05) is 0 Å². The molecule has 44 heavy (non-hydrogen) atoms. The first-order valence-corrected chi connectivity index (χ1v) is 20.2. The Labute approximate surface area is 274 Å². The third-order valence-electron chi connectivity index (χ3n) is 9.68. The van der Waals surface area contributed by atoms with E-state index in [0.717, 1.165) is 6.42 Å². The van der Waals surface area contributed by atoms with E-state index >= 15 is 0 Å². The summed E-state index contributed by atoms with van der Waals surface area (Å²) in [5, 5.41) is 0. The quantitative estimate of drug-likeness (QED) is 0.205. The van der Waals surface area contributed by atoms with Gasteiger partial charge in [-0.3, -0.25) is 0 Å². The van der Waals surface area contributed by atoms with E-state index in [4.69, 9.17) is 0 Å². The Hall–Kier alpha value is -2.89. The van der Waals surface area contributed by atoms with Gasteiger partial charge in [0.2, 0.25) is 0 Å². The second kappa shape index (κ2) is 11.5. The topological polar surface area (TPSA) is 0 Å². The van der Waals surface area contributed by atoms with Crippen LogP contribution in [0.3, 0.4) is 0 Å². The van der Waals surface area contributed by atoms with Gasteiger partial charge >= 0.3 is 276 Å². The molecule has 4 aromatic carbocycles. The minimum atomic E-state index is -2.71. The van der Waals surface area contributed by atoms with Crippen LogP contribution in [0.2, 0.25) is 0 Å². The van der Waals surface area contributed by atoms with Crippen LogP contribution in [0.25, 0.3) is 11.1 Å². The van der Waals surface area contributed by atoms with Gasteiger partial charge in [0, 0.05) is 0 Å². The first-order valence-electron chi connectivity index (χ1n) is 16.3. The van der Waals surface area contributed by atoms with Gasteiger partial charge in [0.05, 0.1) is 0 Å². The van der Waals surface area contributed by atoms with Gasteiger partial charge in [-0.25, -0.2) is 0 Å². The number of allylic oxidation sites excluding steroid dienone is 4. The van der Waals surface area contributed by atoms with E-state index in [0.29, 0.717) is 3.63 Å². The molecule has 4 aromatic rings. The summed E-state index contributed by atoms with van der Waals surface area (Å²) >= 11 is -2.71. The van der Waals surface area contributed by atoms with Crippen LogP contribution >= 0.6 is 0 Å². The Morgan fingerprint density at radius 3 is 1.41 bits per heavy atom. The zero-order chi connectivity index (χ0) is 31.6. The summed E-state index contributed by atoms with van der Waals surface area (Å²) < 4.78 is 3.75. The van der Waals surface area contributed by atoms with Crippen LogP contribution < -0.4 is 0 Å². The van der Waals surface area contributed by atoms with Crippen LogP contribution in [0.5, 0.6) is 0 Å². The van der Waals surface area contributed by atoms with Crippen LogP contribution in [0.4, 0.5) is 0 Å². The molecule has 0 aliphatic heterocycles. The summed E-state index contributed by atoms with van der Waals surface area (Å²) in [5.41, 5.74) is 17.5. The van der Waals surface area contributed by atoms with Gasteiger partial charge in [-0.2, -0.15) is 0 Å². The molecular formula is C43H48Zr. The fourth-order valence-corrected chi connectivity index (χ4v) is 16.5. The zero-order valence-electron chi connectivity index (χ0n) is 28.4. The van der Waals surface area contributed by atoms with Crippen molar-refractivity contribution in [2.45, 2.75) is 90.1 Å². The number of hydrogen-bond donors (Lipinski definition) is 0. The van der Waals surface area contributed by atoms with Crippen LogP contribution in [0.15, 0.2) is 94.3 Å². The van der Waals surface area contributed by atoms with Gasteiger partial charge in [0.25, 0.3) is 0 Å². The van der Waals surface area contributed by atoms with Gasteiger partial charge in [-0.1, -0.05) is 0 Å². The summed E-state index contributed by atoms with van der Waals surface area (Å²) in [6.45, 7) is 23.3. The Balaban J connectivity index is 1.76. The molecule has 0 amide bonds. The Kier molecular flexibility index (Phi) is 8.12. The molecule has 0 nitrogen and oxygen atoms in total. The number of aryl methyl sites for hydroxylation is 4. The minimum absolute atomic E-state index is 0.0927. The Bertz CT molecular complexity index is 1730. The van der Waals surface area contributed by atoms with E-state index in [-0.39, 0.29) is 10.8 Å². The predicted octanol–water partition coefficient (Wildman–Crippen LogP) is 11.3. The van der Waals surface area contributed by atoms with Crippen molar-refractivity contribution < 1.29 is 21.3 Å². The van der Waals surface area contributed by atoms with Gasteiger partial charge in [0.15, 0.2) is 0 Å². The first kappa shape index (κ1) is 31.1. The van der Waals surface area contributed by atoms with Crippen molar-refractivity contribution >= 4 is 3.21 Å². The number of fused-ring (bicyclic) bond motifs is 3. The third-order valence-corrected chi connectivity index (χ3v) is 18.0. The molecule has 0 atom stereocenters. The van der Waals surface area contributed by atoms with Crippen molar-refractivity contribution in [2.24, 2.45) is 0 Å². The first-order chi connectivity index (χ1) is 20.7. The molecule has 0 saturated heterocycles. The second-order valence-electron chi connectivity index (χ2n) is 15.3. The number of rotatable bonds is 4. The molecule has 0 unspecified atom stereocenters. The second-order valence-corrected chi connectivity index (χ2v) is 21.5. The average Bonchev–Trinajstić information content (AvgIpc) is 3.57. The molecule has 0 saturated carbocycles. The molecule has 0 fully saturated rings. The Morgan fingerprint density at radius 1 is 0.614 bits per heavy atom. The summed E-state index contributed by atoms with van der Waals surface area (Å²) in [6, 6.07) is 29.1. The third kappa shape index (κ3) is 5.67. The standard InChI is InChI=1S/C23H29.C15H14.C5H5.Zr/c1-14-9-16-11-17-10-15(2)21(23(6,7)8)13-19(17)18(16)12-20(14)22(3,4)5;1-12-3-7-14(8-4-12)11-15-9-5-13(2)6-10-15;1-2-4-5-3-1;/h9-13H,1-8H3;3-10H,1-2H3;1-3H,4H2;. The number of benzene rings is 4. The van der Waals surface area contributed by atoms with Gasteiger partial charge < -0.3 is 0 Å². The fraction of sp³-hybridized carbons (Fsp3) is 0.326. The van der Waals surface area contributed by atoms with Gasteiger partial charge in [-0.15, -0.1) is 0 Å². The summed E-state index contributed by atoms with van der Waals surface area (Å²) in [5.74, 6) is 0. The van der Waals surface area contributed by atoms with Crippen molar-refractivity contribution in [1.29, 1.82) is 0 Å². The van der Waals surface area contributed by atoms with E-state index < -0.39 is 21.3 Å². The zero-order valence-corrected chi connectivity index (χ0v) is 30.9. The van der Waals surface area contributed by atoms with Gasteiger partial charge in [0.1, 0.15) is 0 Å². The average molecular weight is 656 g/mol. The monoisotopic (exact) mass is 654 g/mol. The van der Waals surface area contributed by atoms with Crippen molar-refractivity contribution in [3.8, 4) is 11.1 Å². The maximum absolute atomic E-state index is 2.71. The molecule has 2 aliphatic rings. The predicted molar refractivity (Wildman–Crippen MR) is 188 cm³/mol. The van der Waals surface area contributed by atoms with E-state index in [9.17, 15) is 0 Å². The van der Waals surface area contributed by atoms with Crippen molar-refractivity contribution in [1.82, 2.24) is 0 Å². The van der Waals surface area contributed by atoms with Crippen molar-refractivity contribution in [2.75, 3.05) is 0 Å². The molecule has 0 aromatic heterocycles. The molecule has 0 N–H and O–H groups in total. The SMILES string of the molecule is Cc1ccc([C](c2ccc(C)cc2)=[Zr]([C]2=CC=CC2)[CH]2c3cc(C)c(C(C)(C)C)cc3-c3cc(C(C)(C)C)c(C)cc32)cc1. The van der Waals surface area contributed by atoms with Crippen LogP contribution in [0, 0.1) is 27.7 Å². The summed E-state index contributed by atoms with van der Waals surface area (Å²) in [4.78, 5) is 0. The van der Waals surface area contributed by atoms with Crippen molar-refractivity contribution in [3.05, 3.63) is 150 Å². The molecule has 224 valence electrons. The van der Waals surface area contributed by atoms with E-state index in [1.54, 1.807) is 17.6 Å². The molecule has 2 aliphatic carbocycles. The molecule has 0 radical (unpaired) electrons. The van der Waals surface area contributed by atoms with Crippen LogP contribution in [-0.4, -0.2) is 3.21 Å². The fourth-order valence-electron chi connectivity index (χ4n) is 7.55. The molecule has 0 spiro atoms. The molecular weight excluding hydrogens is 608 g/mol. The molecule has 6 rings (SSSR count).